The van der Waals surface area contributed by atoms with E-state index in [1.54, 1.807) is 0 Å². The summed E-state index contributed by atoms with van der Waals surface area (Å²) in [6.45, 7) is 3.46. The van der Waals surface area contributed by atoms with Crippen LogP contribution in [-0.2, 0) is 6.42 Å². The second-order valence-corrected chi connectivity index (χ2v) is 8.63. The van der Waals surface area contributed by atoms with Gasteiger partial charge in [0.25, 0.3) is 0 Å². The fourth-order valence-corrected chi connectivity index (χ4v) is 4.81. The summed E-state index contributed by atoms with van der Waals surface area (Å²) in [4.78, 5) is 6.74. The Morgan fingerprint density at radius 1 is 1.16 bits per heavy atom. The van der Waals surface area contributed by atoms with Crippen LogP contribution in [0.3, 0.4) is 0 Å². The number of anilines is 1. The lowest BCUT2D eigenvalue weighted by molar-refractivity contribution is 0.0951. The number of halogens is 2. The molecule has 0 fully saturated rings. The maximum Gasteiger partial charge on any atom is 0.171 e. The van der Waals surface area contributed by atoms with Gasteiger partial charge in [-0.1, -0.05) is 0 Å². The molecule has 2 aliphatic rings. The second kappa shape index (κ2) is 8.54. The molecular formula is C25H27F2N3O2. The van der Waals surface area contributed by atoms with E-state index >= 15 is 0 Å². The Hall–Kier alpha value is -2.93. The lowest BCUT2D eigenvalue weighted by Gasteiger charge is -2.41. The van der Waals surface area contributed by atoms with Crippen molar-refractivity contribution in [2.24, 2.45) is 5.73 Å². The van der Waals surface area contributed by atoms with Crippen LogP contribution < -0.4 is 20.1 Å². The molecule has 5 nitrogen and oxygen atoms in total. The Balaban J connectivity index is 1.45. The fourth-order valence-electron chi connectivity index (χ4n) is 4.81. The molecule has 0 saturated carbocycles. The number of nitrogens with two attached hydrogens (primary N) is 1. The van der Waals surface area contributed by atoms with Crippen molar-refractivity contribution in [3.05, 3.63) is 59.3 Å². The molecule has 0 aliphatic carbocycles. The van der Waals surface area contributed by atoms with Crippen LogP contribution in [0, 0.1) is 18.6 Å². The number of benzene rings is 2. The minimum absolute atomic E-state index is 0.192. The molecule has 0 saturated heterocycles. The minimum atomic E-state index is -0.827. The number of rotatable bonds is 5. The van der Waals surface area contributed by atoms with E-state index in [0.717, 1.165) is 53.5 Å². The molecule has 2 N–H and O–H groups in total. The summed E-state index contributed by atoms with van der Waals surface area (Å²) in [6.07, 6.45) is 3.10. The van der Waals surface area contributed by atoms with E-state index in [1.807, 2.05) is 31.2 Å². The van der Waals surface area contributed by atoms with Gasteiger partial charge < -0.3 is 20.1 Å². The standard InChI is InChI=1S/C25H27F2N3O2/c1-15-4-7-19-22(29-15)8-9-24-25(19)32-18(14-31-24)13-30-17(3-2-10-28)6-5-16-11-20(26)21(27)12-23(16)30/h4,7-9,11-12,17-18H,2-3,5-6,10,13-14,28H2,1H3/t17?,18-/m0/s1. The van der Waals surface area contributed by atoms with Gasteiger partial charge in [0, 0.05) is 28.9 Å². The fraction of sp³-hybridized carbons (Fsp3) is 0.400. The number of aromatic nitrogens is 1. The van der Waals surface area contributed by atoms with Crippen LogP contribution in [0.5, 0.6) is 11.5 Å². The molecule has 0 radical (unpaired) electrons. The van der Waals surface area contributed by atoms with Gasteiger partial charge in [0.1, 0.15) is 6.61 Å². The van der Waals surface area contributed by atoms with E-state index < -0.39 is 11.6 Å². The SMILES string of the molecule is Cc1ccc2c3c(ccc2n1)OC[C@H](CN1c2cc(F)c(F)cc2CCC1CCCN)O3. The normalized spacial score (nSPS) is 19.8. The average Bonchev–Trinajstić information content (AvgIpc) is 2.79. The van der Waals surface area contributed by atoms with Gasteiger partial charge in [-0.25, -0.2) is 8.78 Å². The number of pyridine rings is 1. The molecule has 2 atom stereocenters. The molecular weight excluding hydrogens is 412 g/mol. The van der Waals surface area contributed by atoms with E-state index in [2.05, 4.69) is 9.88 Å². The summed E-state index contributed by atoms with van der Waals surface area (Å²) in [7, 11) is 0. The Labute approximate surface area is 186 Å². The summed E-state index contributed by atoms with van der Waals surface area (Å²) in [5, 5.41) is 0.907. The highest BCUT2D eigenvalue weighted by Crippen LogP contribution is 2.40. The van der Waals surface area contributed by atoms with Gasteiger partial charge in [0.2, 0.25) is 0 Å². The zero-order valence-electron chi connectivity index (χ0n) is 18.1. The zero-order valence-corrected chi connectivity index (χ0v) is 18.1. The van der Waals surface area contributed by atoms with Crippen molar-refractivity contribution in [1.82, 2.24) is 4.98 Å². The summed E-state index contributed by atoms with van der Waals surface area (Å²) in [5.41, 5.74) is 9.11. The Morgan fingerprint density at radius 3 is 2.84 bits per heavy atom. The van der Waals surface area contributed by atoms with Crippen molar-refractivity contribution in [2.75, 3.05) is 24.6 Å². The first-order valence-electron chi connectivity index (χ1n) is 11.2. The van der Waals surface area contributed by atoms with Crippen LogP contribution in [0.1, 0.15) is 30.5 Å². The number of fused-ring (bicyclic) bond motifs is 4. The van der Waals surface area contributed by atoms with E-state index in [0.29, 0.717) is 31.2 Å². The molecule has 1 unspecified atom stereocenters. The van der Waals surface area contributed by atoms with Crippen molar-refractivity contribution in [3.63, 3.8) is 0 Å². The second-order valence-electron chi connectivity index (χ2n) is 8.63. The molecule has 2 aromatic carbocycles. The molecule has 0 bridgehead atoms. The average molecular weight is 440 g/mol. The number of hydrogen-bond acceptors (Lipinski definition) is 5. The predicted molar refractivity (Wildman–Crippen MR) is 120 cm³/mol. The molecule has 3 heterocycles. The van der Waals surface area contributed by atoms with Gasteiger partial charge in [0.15, 0.2) is 29.2 Å². The smallest absolute Gasteiger partial charge is 0.171 e. The maximum absolute atomic E-state index is 14.2. The van der Waals surface area contributed by atoms with Gasteiger partial charge in [-0.2, -0.15) is 0 Å². The lowest BCUT2D eigenvalue weighted by atomic mass is 9.92. The highest BCUT2D eigenvalue weighted by atomic mass is 19.2. The molecule has 1 aromatic heterocycles. The lowest BCUT2D eigenvalue weighted by Crippen LogP contribution is -2.48. The predicted octanol–water partition coefficient (Wildman–Crippen LogP) is 4.52. The van der Waals surface area contributed by atoms with Crippen LogP contribution in [-0.4, -0.2) is 36.8 Å². The number of nitrogens with zero attached hydrogens (tertiary/aromatic N) is 2. The molecule has 168 valence electrons. The summed E-state index contributed by atoms with van der Waals surface area (Å²) >= 11 is 0. The molecule has 0 spiro atoms. The molecule has 2 aliphatic heterocycles. The quantitative estimate of drug-likeness (QED) is 0.633. The Kier molecular flexibility index (Phi) is 5.59. The molecule has 0 amide bonds. The van der Waals surface area contributed by atoms with E-state index in [4.69, 9.17) is 15.2 Å². The summed E-state index contributed by atoms with van der Waals surface area (Å²) in [6, 6.07) is 10.6. The first kappa shape index (κ1) is 20.9. The van der Waals surface area contributed by atoms with Crippen molar-refractivity contribution in [2.45, 2.75) is 44.8 Å². The van der Waals surface area contributed by atoms with Crippen LogP contribution in [0.2, 0.25) is 0 Å². The number of hydrogen-bond donors (Lipinski definition) is 1. The van der Waals surface area contributed by atoms with Crippen molar-refractivity contribution in [1.29, 1.82) is 0 Å². The Bertz CT molecular complexity index is 1150. The van der Waals surface area contributed by atoms with Crippen molar-refractivity contribution in [3.8, 4) is 11.5 Å². The van der Waals surface area contributed by atoms with Gasteiger partial charge >= 0.3 is 0 Å². The molecule has 5 rings (SSSR count). The van der Waals surface area contributed by atoms with Gasteiger partial charge in [0.05, 0.1) is 12.1 Å². The van der Waals surface area contributed by atoms with Crippen molar-refractivity contribution < 1.29 is 18.3 Å². The topological polar surface area (TPSA) is 60.6 Å². The number of ether oxygens (including phenoxy) is 2. The highest BCUT2D eigenvalue weighted by Gasteiger charge is 2.32. The minimum Gasteiger partial charge on any atom is -0.486 e. The number of aryl methyl sites for hydroxylation is 2. The van der Waals surface area contributed by atoms with Gasteiger partial charge in [-0.3, -0.25) is 4.98 Å². The van der Waals surface area contributed by atoms with Crippen molar-refractivity contribution >= 4 is 16.6 Å². The van der Waals surface area contributed by atoms with E-state index in [-0.39, 0.29) is 12.1 Å². The molecule has 7 heteroatoms. The monoisotopic (exact) mass is 439 g/mol. The van der Waals surface area contributed by atoms with Gasteiger partial charge in [-0.05, 0) is 75.0 Å². The largest absolute Gasteiger partial charge is 0.486 e. The summed E-state index contributed by atoms with van der Waals surface area (Å²) < 4.78 is 40.5. The third-order valence-electron chi connectivity index (χ3n) is 6.39. The maximum atomic E-state index is 14.2. The third kappa shape index (κ3) is 3.86. The zero-order chi connectivity index (χ0) is 22.2. The van der Waals surface area contributed by atoms with Crippen LogP contribution in [0.4, 0.5) is 14.5 Å². The van der Waals surface area contributed by atoms with E-state index in [1.165, 1.54) is 12.1 Å². The molecule has 32 heavy (non-hydrogen) atoms. The molecule has 3 aromatic rings. The van der Waals surface area contributed by atoms with Crippen LogP contribution in [0.25, 0.3) is 10.9 Å². The third-order valence-corrected chi connectivity index (χ3v) is 6.39. The van der Waals surface area contributed by atoms with Gasteiger partial charge in [-0.15, -0.1) is 0 Å². The first-order valence-corrected chi connectivity index (χ1v) is 11.2. The summed E-state index contributed by atoms with van der Waals surface area (Å²) in [5.74, 6) is -0.241. The first-order chi connectivity index (χ1) is 15.5. The Morgan fingerprint density at radius 2 is 2.00 bits per heavy atom. The van der Waals surface area contributed by atoms with Crippen LogP contribution >= 0.6 is 0 Å². The van der Waals surface area contributed by atoms with E-state index in [9.17, 15) is 8.78 Å². The highest BCUT2D eigenvalue weighted by molar-refractivity contribution is 5.88. The van der Waals surface area contributed by atoms with Crippen LogP contribution in [0.15, 0.2) is 36.4 Å².